The van der Waals surface area contributed by atoms with Crippen LogP contribution in [-0.4, -0.2) is 42.4 Å². The van der Waals surface area contributed by atoms with Crippen molar-refractivity contribution in [2.75, 3.05) is 25.1 Å². The standard InChI is InChI=1S/C12H16N2O3/c1-17-9-4-3-7-14(8-9)11-10(12(15)16)5-2-6-13-11/h2,5-6,9H,3-4,7-8H2,1H3,(H,15,16). The zero-order chi connectivity index (χ0) is 12.3. The monoisotopic (exact) mass is 236 g/mol. The Morgan fingerprint density at radius 3 is 3.18 bits per heavy atom. The number of hydrogen-bond donors (Lipinski definition) is 1. The van der Waals surface area contributed by atoms with Crippen LogP contribution in [-0.2, 0) is 4.74 Å². The van der Waals surface area contributed by atoms with Crippen LogP contribution in [0, 0.1) is 0 Å². The van der Waals surface area contributed by atoms with Crippen LogP contribution >= 0.6 is 0 Å². The van der Waals surface area contributed by atoms with Gasteiger partial charge in [-0.05, 0) is 25.0 Å². The molecule has 0 saturated carbocycles. The first-order valence-corrected chi connectivity index (χ1v) is 5.68. The maximum absolute atomic E-state index is 11.1. The lowest BCUT2D eigenvalue weighted by atomic mass is 10.1. The number of rotatable bonds is 3. The summed E-state index contributed by atoms with van der Waals surface area (Å²) in [6, 6.07) is 3.23. The molecule has 1 aliphatic rings. The van der Waals surface area contributed by atoms with Crippen LogP contribution in [0.25, 0.3) is 0 Å². The zero-order valence-corrected chi connectivity index (χ0v) is 9.80. The smallest absolute Gasteiger partial charge is 0.339 e. The van der Waals surface area contributed by atoms with Gasteiger partial charge in [-0.2, -0.15) is 0 Å². The number of pyridine rings is 1. The maximum Gasteiger partial charge on any atom is 0.339 e. The molecule has 0 spiro atoms. The number of ether oxygens (including phenoxy) is 1. The van der Waals surface area contributed by atoms with Gasteiger partial charge in [0.1, 0.15) is 11.4 Å². The van der Waals surface area contributed by atoms with Gasteiger partial charge in [0.05, 0.1) is 6.10 Å². The second-order valence-electron chi connectivity index (χ2n) is 4.13. The zero-order valence-electron chi connectivity index (χ0n) is 9.80. The second kappa shape index (κ2) is 5.14. The molecule has 5 heteroatoms. The first-order chi connectivity index (χ1) is 8.22. The molecule has 2 rings (SSSR count). The molecule has 0 radical (unpaired) electrons. The van der Waals surface area contributed by atoms with Crippen LogP contribution in [0.15, 0.2) is 18.3 Å². The van der Waals surface area contributed by atoms with E-state index in [0.717, 1.165) is 19.4 Å². The molecule has 17 heavy (non-hydrogen) atoms. The molecule has 1 N–H and O–H groups in total. The van der Waals surface area contributed by atoms with Crippen molar-refractivity contribution in [3.63, 3.8) is 0 Å². The Hall–Kier alpha value is -1.62. The van der Waals surface area contributed by atoms with Crippen LogP contribution in [0.3, 0.4) is 0 Å². The summed E-state index contributed by atoms with van der Waals surface area (Å²) in [5, 5.41) is 9.12. The van der Waals surface area contributed by atoms with Crippen molar-refractivity contribution >= 4 is 11.8 Å². The van der Waals surface area contributed by atoms with Gasteiger partial charge in [0.2, 0.25) is 0 Å². The molecule has 1 saturated heterocycles. The summed E-state index contributed by atoms with van der Waals surface area (Å²) in [5.74, 6) is -0.394. The van der Waals surface area contributed by atoms with E-state index in [2.05, 4.69) is 4.98 Å². The fraction of sp³-hybridized carbons (Fsp3) is 0.500. The Morgan fingerprint density at radius 1 is 1.65 bits per heavy atom. The van der Waals surface area contributed by atoms with Crippen molar-refractivity contribution in [3.8, 4) is 0 Å². The van der Waals surface area contributed by atoms with Crippen molar-refractivity contribution in [3.05, 3.63) is 23.9 Å². The highest BCUT2D eigenvalue weighted by molar-refractivity contribution is 5.93. The molecule has 0 bridgehead atoms. The summed E-state index contributed by atoms with van der Waals surface area (Å²) >= 11 is 0. The van der Waals surface area contributed by atoms with E-state index in [1.54, 1.807) is 25.4 Å². The molecule has 5 nitrogen and oxygen atoms in total. The first-order valence-electron chi connectivity index (χ1n) is 5.68. The third kappa shape index (κ3) is 2.55. The molecular formula is C12H16N2O3. The fourth-order valence-corrected chi connectivity index (χ4v) is 2.14. The molecule has 0 amide bonds. The lowest BCUT2D eigenvalue weighted by Crippen LogP contribution is -2.40. The highest BCUT2D eigenvalue weighted by atomic mass is 16.5. The van der Waals surface area contributed by atoms with E-state index in [1.807, 2.05) is 4.90 Å². The summed E-state index contributed by atoms with van der Waals surface area (Å²) in [6.07, 6.45) is 3.79. The molecule has 0 aromatic carbocycles. The lowest BCUT2D eigenvalue weighted by molar-refractivity contribution is 0.0694. The van der Waals surface area contributed by atoms with Gasteiger partial charge >= 0.3 is 5.97 Å². The van der Waals surface area contributed by atoms with Gasteiger partial charge in [-0.25, -0.2) is 9.78 Å². The minimum atomic E-state index is -0.937. The third-order valence-electron chi connectivity index (χ3n) is 3.03. The Bertz CT molecular complexity index is 408. The third-order valence-corrected chi connectivity index (χ3v) is 3.03. The van der Waals surface area contributed by atoms with Crippen LogP contribution in [0.4, 0.5) is 5.82 Å². The summed E-state index contributed by atoms with van der Waals surface area (Å²) in [4.78, 5) is 17.3. The number of hydrogen-bond acceptors (Lipinski definition) is 4. The van der Waals surface area contributed by atoms with Gasteiger partial charge in [0.15, 0.2) is 0 Å². The molecule has 92 valence electrons. The van der Waals surface area contributed by atoms with E-state index >= 15 is 0 Å². The number of carboxylic acids is 1. The minimum absolute atomic E-state index is 0.160. The summed E-state index contributed by atoms with van der Waals surface area (Å²) in [6.45, 7) is 1.53. The van der Waals surface area contributed by atoms with Crippen LogP contribution in [0.5, 0.6) is 0 Å². The van der Waals surface area contributed by atoms with Gasteiger partial charge in [-0.15, -0.1) is 0 Å². The van der Waals surface area contributed by atoms with Crippen molar-refractivity contribution in [1.29, 1.82) is 0 Å². The van der Waals surface area contributed by atoms with Gasteiger partial charge in [-0.1, -0.05) is 0 Å². The van der Waals surface area contributed by atoms with E-state index in [0.29, 0.717) is 12.4 Å². The van der Waals surface area contributed by atoms with E-state index in [4.69, 9.17) is 9.84 Å². The minimum Gasteiger partial charge on any atom is -0.478 e. The Balaban J connectivity index is 2.24. The maximum atomic E-state index is 11.1. The molecular weight excluding hydrogens is 220 g/mol. The van der Waals surface area contributed by atoms with Crippen molar-refractivity contribution < 1.29 is 14.6 Å². The highest BCUT2D eigenvalue weighted by Gasteiger charge is 2.23. The number of methoxy groups -OCH3 is 1. The number of carboxylic acid groups (broad SMARTS) is 1. The highest BCUT2D eigenvalue weighted by Crippen LogP contribution is 2.22. The molecule has 2 heterocycles. The molecule has 1 aromatic heterocycles. The number of aromatic nitrogens is 1. The van der Waals surface area contributed by atoms with Crippen LogP contribution < -0.4 is 4.90 Å². The average Bonchev–Trinajstić information content (AvgIpc) is 2.39. The van der Waals surface area contributed by atoms with Gasteiger partial charge in [0, 0.05) is 26.4 Å². The SMILES string of the molecule is COC1CCCN(c2ncccc2C(=O)O)C1. The molecule has 1 atom stereocenters. The second-order valence-corrected chi connectivity index (χ2v) is 4.13. The largest absolute Gasteiger partial charge is 0.478 e. The molecule has 1 aromatic rings. The number of anilines is 1. The quantitative estimate of drug-likeness (QED) is 0.859. The van der Waals surface area contributed by atoms with Gasteiger partial charge in [-0.3, -0.25) is 0 Å². The Morgan fingerprint density at radius 2 is 2.47 bits per heavy atom. The fourth-order valence-electron chi connectivity index (χ4n) is 2.14. The van der Waals surface area contributed by atoms with Crippen LogP contribution in [0.2, 0.25) is 0 Å². The predicted molar refractivity (Wildman–Crippen MR) is 63.4 cm³/mol. The van der Waals surface area contributed by atoms with Gasteiger partial charge in [0.25, 0.3) is 0 Å². The van der Waals surface area contributed by atoms with Crippen molar-refractivity contribution in [2.45, 2.75) is 18.9 Å². The average molecular weight is 236 g/mol. The van der Waals surface area contributed by atoms with Gasteiger partial charge < -0.3 is 14.7 Å². The first kappa shape index (κ1) is 11.9. The summed E-state index contributed by atoms with van der Waals surface area (Å²) in [5.41, 5.74) is 0.254. The lowest BCUT2D eigenvalue weighted by Gasteiger charge is -2.33. The topological polar surface area (TPSA) is 62.7 Å². The predicted octanol–water partition coefficient (Wildman–Crippen LogP) is 1.40. The van der Waals surface area contributed by atoms with E-state index in [-0.39, 0.29) is 11.7 Å². The normalized spacial score (nSPS) is 20.3. The Kier molecular flexibility index (Phi) is 3.58. The molecule has 1 unspecified atom stereocenters. The molecule has 0 aliphatic carbocycles. The number of piperidine rings is 1. The van der Waals surface area contributed by atoms with E-state index in [9.17, 15) is 4.79 Å². The summed E-state index contributed by atoms with van der Waals surface area (Å²) in [7, 11) is 1.69. The number of nitrogens with zero attached hydrogens (tertiary/aromatic N) is 2. The number of aromatic carboxylic acids is 1. The van der Waals surface area contributed by atoms with Crippen molar-refractivity contribution in [2.24, 2.45) is 0 Å². The molecule has 1 aliphatic heterocycles. The van der Waals surface area contributed by atoms with Crippen molar-refractivity contribution in [1.82, 2.24) is 4.98 Å². The van der Waals surface area contributed by atoms with E-state index < -0.39 is 5.97 Å². The van der Waals surface area contributed by atoms with Crippen LogP contribution in [0.1, 0.15) is 23.2 Å². The Labute approximate surface area is 100 Å². The summed E-state index contributed by atoms with van der Waals surface area (Å²) < 4.78 is 5.33. The van der Waals surface area contributed by atoms with E-state index in [1.165, 1.54) is 0 Å². The number of carbonyl (C=O) groups is 1. The molecule has 1 fully saturated rings.